The van der Waals surface area contributed by atoms with Crippen LogP contribution >= 0.6 is 0 Å². The zero-order valence-electron chi connectivity index (χ0n) is 15.7. The lowest BCUT2D eigenvalue weighted by Crippen LogP contribution is -2.37. The van der Waals surface area contributed by atoms with Gasteiger partial charge in [-0.3, -0.25) is 4.90 Å². The van der Waals surface area contributed by atoms with Gasteiger partial charge in [0.1, 0.15) is 12.1 Å². The van der Waals surface area contributed by atoms with E-state index in [1.807, 2.05) is 12.1 Å². The van der Waals surface area contributed by atoms with E-state index >= 15 is 0 Å². The quantitative estimate of drug-likeness (QED) is 0.538. The number of rotatable bonds is 9. The van der Waals surface area contributed by atoms with Crippen LogP contribution in [0.4, 0.5) is 5.82 Å². The van der Waals surface area contributed by atoms with Gasteiger partial charge in [0, 0.05) is 36.8 Å². The number of nitrogens with zero attached hydrogens (tertiary/aromatic N) is 3. The molecule has 1 aromatic heterocycles. The van der Waals surface area contributed by atoms with Crippen molar-refractivity contribution in [2.45, 2.75) is 6.42 Å². The fourth-order valence-electron chi connectivity index (χ4n) is 2.93. The first-order chi connectivity index (χ1) is 13.2. The fourth-order valence-corrected chi connectivity index (χ4v) is 2.93. The topological polar surface area (TPSA) is 68.7 Å². The van der Waals surface area contributed by atoms with Crippen molar-refractivity contribution in [3.8, 4) is 11.5 Å². The second-order valence-electron chi connectivity index (χ2n) is 6.25. The van der Waals surface area contributed by atoms with Gasteiger partial charge in [-0.05, 0) is 18.6 Å². The molecule has 0 bridgehead atoms. The summed E-state index contributed by atoms with van der Waals surface area (Å²) in [5.74, 6) is 1.99. The molecular formula is C20H26N4O3. The molecule has 3 rings (SSSR count). The molecule has 7 heteroatoms. The van der Waals surface area contributed by atoms with Crippen molar-refractivity contribution >= 4 is 16.7 Å². The van der Waals surface area contributed by atoms with E-state index in [9.17, 15) is 0 Å². The molecule has 1 fully saturated rings. The molecule has 1 aromatic carbocycles. The predicted octanol–water partition coefficient (Wildman–Crippen LogP) is 2.85. The highest BCUT2D eigenvalue weighted by Crippen LogP contribution is 2.34. The monoisotopic (exact) mass is 370 g/mol. The van der Waals surface area contributed by atoms with Crippen LogP contribution in [0, 0.1) is 0 Å². The summed E-state index contributed by atoms with van der Waals surface area (Å²) >= 11 is 0. The Kier molecular flexibility index (Phi) is 6.62. The molecule has 1 aliphatic heterocycles. The van der Waals surface area contributed by atoms with Gasteiger partial charge in [-0.2, -0.15) is 0 Å². The highest BCUT2D eigenvalue weighted by molar-refractivity contribution is 5.92. The molecule has 1 aliphatic rings. The third-order valence-corrected chi connectivity index (χ3v) is 4.43. The van der Waals surface area contributed by atoms with Gasteiger partial charge < -0.3 is 19.5 Å². The summed E-state index contributed by atoms with van der Waals surface area (Å²) in [5, 5.41) is 3.97. The molecule has 27 heavy (non-hydrogen) atoms. The lowest BCUT2D eigenvalue weighted by atomic mass is 10.2. The Balaban J connectivity index is 1.71. The molecule has 2 aromatic rings. The molecule has 0 spiro atoms. The predicted molar refractivity (Wildman–Crippen MR) is 106 cm³/mol. The third kappa shape index (κ3) is 4.96. The van der Waals surface area contributed by atoms with Crippen LogP contribution in [-0.4, -0.2) is 61.4 Å². The normalized spacial score (nSPS) is 14.7. The van der Waals surface area contributed by atoms with Crippen molar-refractivity contribution in [1.29, 1.82) is 0 Å². The van der Waals surface area contributed by atoms with E-state index < -0.39 is 0 Å². The first kappa shape index (κ1) is 19.1. The SMILES string of the molecule is C=CC(=C)Nc1ncnc2cc(OC)c(OCCCN3CCOCC3)cc12. The molecule has 0 radical (unpaired) electrons. The fraction of sp³-hybridized carbons (Fsp3) is 0.400. The molecule has 7 nitrogen and oxygen atoms in total. The number of hydrogen-bond acceptors (Lipinski definition) is 7. The van der Waals surface area contributed by atoms with Crippen LogP contribution in [0.3, 0.4) is 0 Å². The number of ether oxygens (including phenoxy) is 3. The second-order valence-corrected chi connectivity index (χ2v) is 6.25. The summed E-state index contributed by atoms with van der Waals surface area (Å²) in [6.45, 7) is 12.8. The van der Waals surface area contributed by atoms with Crippen LogP contribution in [0.1, 0.15) is 6.42 Å². The summed E-state index contributed by atoms with van der Waals surface area (Å²) in [4.78, 5) is 11.0. The van der Waals surface area contributed by atoms with E-state index in [1.54, 1.807) is 13.2 Å². The van der Waals surface area contributed by atoms with Crippen LogP contribution in [0.2, 0.25) is 0 Å². The average molecular weight is 370 g/mol. The van der Waals surface area contributed by atoms with Crippen LogP contribution in [-0.2, 0) is 4.74 Å². The number of anilines is 1. The van der Waals surface area contributed by atoms with Gasteiger partial charge in [0.2, 0.25) is 0 Å². The van der Waals surface area contributed by atoms with Crippen LogP contribution < -0.4 is 14.8 Å². The zero-order chi connectivity index (χ0) is 19.1. The molecule has 0 atom stereocenters. The van der Waals surface area contributed by atoms with Crippen LogP contribution in [0.25, 0.3) is 10.9 Å². The highest BCUT2D eigenvalue weighted by Gasteiger charge is 2.13. The maximum atomic E-state index is 6.00. The third-order valence-electron chi connectivity index (χ3n) is 4.43. The maximum absolute atomic E-state index is 6.00. The highest BCUT2D eigenvalue weighted by atomic mass is 16.5. The van der Waals surface area contributed by atoms with Crippen molar-refractivity contribution in [3.05, 3.63) is 43.4 Å². The van der Waals surface area contributed by atoms with Gasteiger partial charge in [0.15, 0.2) is 11.5 Å². The molecule has 1 saturated heterocycles. The minimum absolute atomic E-state index is 0.606. The number of methoxy groups -OCH3 is 1. The minimum Gasteiger partial charge on any atom is -0.493 e. The number of hydrogen-bond donors (Lipinski definition) is 1. The van der Waals surface area contributed by atoms with Gasteiger partial charge >= 0.3 is 0 Å². The minimum atomic E-state index is 0.606. The van der Waals surface area contributed by atoms with Crippen LogP contribution in [0.5, 0.6) is 11.5 Å². The van der Waals surface area contributed by atoms with Crippen molar-refractivity contribution in [2.24, 2.45) is 0 Å². The number of nitrogens with one attached hydrogen (secondary N) is 1. The Morgan fingerprint density at radius 2 is 2.11 bits per heavy atom. The van der Waals surface area contributed by atoms with Gasteiger partial charge in [0.25, 0.3) is 0 Å². The lowest BCUT2D eigenvalue weighted by molar-refractivity contribution is 0.0357. The molecule has 0 aliphatic carbocycles. The molecule has 0 amide bonds. The second kappa shape index (κ2) is 9.34. The summed E-state index contributed by atoms with van der Waals surface area (Å²) < 4.78 is 16.9. The van der Waals surface area contributed by atoms with E-state index in [0.29, 0.717) is 29.6 Å². The number of morpholine rings is 1. The number of benzene rings is 1. The molecular weight excluding hydrogens is 344 g/mol. The van der Waals surface area contributed by atoms with Gasteiger partial charge in [-0.15, -0.1) is 0 Å². The first-order valence-electron chi connectivity index (χ1n) is 9.05. The van der Waals surface area contributed by atoms with E-state index in [-0.39, 0.29) is 0 Å². The molecule has 2 heterocycles. The van der Waals surface area contributed by atoms with Gasteiger partial charge in [0.05, 0.1) is 32.4 Å². The zero-order valence-corrected chi connectivity index (χ0v) is 15.7. The van der Waals surface area contributed by atoms with E-state index in [2.05, 4.69) is 33.3 Å². The van der Waals surface area contributed by atoms with Gasteiger partial charge in [-0.25, -0.2) is 9.97 Å². The standard InChI is InChI=1S/C20H26N4O3/c1-4-15(2)23-20-16-12-19(18(25-3)13-17(16)21-14-22-20)27-9-5-6-24-7-10-26-11-8-24/h4,12-14H,1-2,5-11H2,3H3,(H,21,22,23). The number of fused-ring (bicyclic) bond motifs is 1. The number of aromatic nitrogens is 2. The summed E-state index contributed by atoms with van der Waals surface area (Å²) in [6.07, 6.45) is 4.08. The molecule has 1 N–H and O–H groups in total. The van der Waals surface area contributed by atoms with E-state index in [0.717, 1.165) is 50.2 Å². The Labute approximate surface area is 159 Å². The first-order valence-corrected chi connectivity index (χ1v) is 9.05. The molecule has 144 valence electrons. The smallest absolute Gasteiger partial charge is 0.162 e. The Hall–Kier alpha value is -2.64. The van der Waals surface area contributed by atoms with Gasteiger partial charge in [-0.1, -0.05) is 13.2 Å². The summed E-state index contributed by atoms with van der Waals surface area (Å²) in [6, 6.07) is 3.76. The molecule has 0 unspecified atom stereocenters. The summed E-state index contributed by atoms with van der Waals surface area (Å²) in [5.41, 5.74) is 1.43. The van der Waals surface area contributed by atoms with Crippen molar-refractivity contribution < 1.29 is 14.2 Å². The van der Waals surface area contributed by atoms with E-state index in [4.69, 9.17) is 14.2 Å². The van der Waals surface area contributed by atoms with Crippen LogP contribution in [0.15, 0.2) is 43.4 Å². The largest absolute Gasteiger partial charge is 0.493 e. The Bertz CT molecular complexity index is 803. The van der Waals surface area contributed by atoms with Crippen molar-refractivity contribution in [1.82, 2.24) is 14.9 Å². The van der Waals surface area contributed by atoms with Crippen molar-refractivity contribution in [2.75, 3.05) is 51.9 Å². The molecule has 0 saturated carbocycles. The van der Waals surface area contributed by atoms with Crippen molar-refractivity contribution in [3.63, 3.8) is 0 Å². The summed E-state index contributed by atoms with van der Waals surface area (Å²) in [7, 11) is 1.63. The Morgan fingerprint density at radius 3 is 2.85 bits per heavy atom. The van der Waals surface area contributed by atoms with E-state index in [1.165, 1.54) is 6.33 Å². The lowest BCUT2D eigenvalue weighted by Gasteiger charge is -2.26. The Morgan fingerprint density at radius 1 is 1.30 bits per heavy atom. The maximum Gasteiger partial charge on any atom is 0.162 e. The average Bonchev–Trinajstić information content (AvgIpc) is 2.71. The number of allylic oxidation sites excluding steroid dienone is 1.